The van der Waals surface area contributed by atoms with Gasteiger partial charge in [0.1, 0.15) is 0 Å². The van der Waals surface area contributed by atoms with Gasteiger partial charge in [-0.15, -0.1) is 6.58 Å². The Hall–Kier alpha value is -0.300. The van der Waals surface area contributed by atoms with Gasteiger partial charge in [-0.3, -0.25) is 0 Å². The third-order valence-electron chi connectivity index (χ3n) is 2.16. The average Bonchev–Trinajstić information content (AvgIpc) is 1.94. The Kier molecular flexibility index (Phi) is 2.94. The summed E-state index contributed by atoms with van der Waals surface area (Å²) in [6.07, 6.45) is 8.04. The highest BCUT2D eigenvalue weighted by Crippen LogP contribution is 2.31. The summed E-state index contributed by atoms with van der Waals surface area (Å²) >= 11 is 0. The van der Waals surface area contributed by atoms with Crippen molar-refractivity contribution in [2.45, 2.75) is 32.1 Å². The van der Waals surface area contributed by atoms with Crippen molar-refractivity contribution in [3.63, 3.8) is 0 Å². The molecule has 0 spiro atoms. The average molecular weight is 139 g/mol. The van der Waals surface area contributed by atoms with Crippen LogP contribution in [0.1, 0.15) is 32.1 Å². The van der Waals surface area contributed by atoms with E-state index in [1.165, 1.54) is 12.8 Å². The maximum Gasteiger partial charge on any atom is 0.0967 e. The molecule has 1 heteroatoms. The van der Waals surface area contributed by atoms with Gasteiger partial charge in [-0.25, -0.2) is 0 Å². The SMILES string of the molecule is C=CCC1CCCC[C]1O. The summed E-state index contributed by atoms with van der Waals surface area (Å²) in [6, 6.07) is 0. The van der Waals surface area contributed by atoms with E-state index in [4.69, 9.17) is 0 Å². The van der Waals surface area contributed by atoms with Crippen LogP contribution in [0.4, 0.5) is 0 Å². The maximum atomic E-state index is 9.37. The van der Waals surface area contributed by atoms with E-state index in [9.17, 15) is 5.11 Å². The summed E-state index contributed by atoms with van der Waals surface area (Å²) in [6.45, 7) is 3.66. The first-order valence-electron chi connectivity index (χ1n) is 4.00. The molecule has 57 valence electrons. The molecule has 1 saturated carbocycles. The van der Waals surface area contributed by atoms with Crippen LogP contribution >= 0.6 is 0 Å². The summed E-state index contributed by atoms with van der Waals surface area (Å²) < 4.78 is 0. The summed E-state index contributed by atoms with van der Waals surface area (Å²) in [5.41, 5.74) is 0. The Morgan fingerprint density at radius 1 is 1.60 bits per heavy atom. The Bertz CT molecular complexity index is 109. The van der Waals surface area contributed by atoms with E-state index in [-0.39, 0.29) is 0 Å². The molecule has 1 atom stereocenters. The van der Waals surface area contributed by atoms with Gasteiger partial charge in [0.25, 0.3) is 0 Å². The van der Waals surface area contributed by atoms with Crippen LogP contribution in [-0.2, 0) is 0 Å². The summed E-state index contributed by atoms with van der Waals surface area (Å²) in [5, 5.41) is 9.37. The Morgan fingerprint density at radius 3 is 3.00 bits per heavy atom. The number of hydrogen-bond acceptors (Lipinski definition) is 1. The lowest BCUT2D eigenvalue weighted by Crippen LogP contribution is -2.15. The minimum absolute atomic E-state index is 0.422. The standard InChI is InChI=1S/C9H15O/c1-2-5-8-6-3-4-7-9(8)10/h2,8,10H,1,3-7H2. The van der Waals surface area contributed by atoms with E-state index >= 15 is 0 Å². The lowest BCUT2D eigenvalue weighted by atomic mass is 9.84. The van der Waals surface area contributed by atoms with Gasteiger partial charge in [-0.05, 0) is 25.2 Å². The van der Waals surface area contributed by atoms with Crippen LogP contribution in [0.5, 0.6) is 0 Å². The molecule has 1 unspecified atom stereocenters. The van der Waals surface area contributed by atoms with Crippen molar-refractivity contribution in [3.05, 3.63) is 18.8 Å². The highest BCUT2D eigenvalue weighted by molar-refractivity contribution is 4.92. The van der Waals surface area contributed by atoms with E-state index in [0.29, 0.717) is 12.0 Å². The normalized spacial score (nSPS) is 28.3. The van der Waals surface area contributed by atoms with Crippen LogP contribution in [0.15, 0.2) is 12.7 Å². The third kappa shape index (κ3) is 1.84. The van der Waals surface area contributed by atoms with E-state index in [1.54, 1.807) is 0 Å². The first-order valence-corrected chi connectivity index (χ1v) is 4.00. The Morgan fingerprint density at radius 2 is 2.40 bits per heavy atom. The second-order valence-corrected chi connectivity index (χ2v) is 2.96. The van der Waals surface area contributed by atoms with E-state index in [0.717, 1.165) is 19.3 Å². The number of allylic oxidation sites excluding steroid dienone is 1. The van der Waals surface area contributed by atoms with E-state index in [1.807, 2.05) is 6.08 Å². The zero-order valence-corrected chi connectivity index (χ0v) is 6.34. The molecule has 0 aromatic rings. The molecule has 0 aliphatic heterocycles. The van der Waals surface area contributed by atoms with Crippen LogP contribution < -0.4 is 0 Å². The Labute approximate surface area is 62.8 Å². The second-order valence-electron chi connectivity index (χ2n) is 2.96. The van der Waals surface area contributed by atoms with Gasteiger partial charge in [0.2, 0.25) is 0 Å². The predicted octanol–water partition coefficient (Wildman–Crippen LogP) is 2.66. The highest BCUT2D eigenvalue weighted by atomic mass is 16.3. The lowest BCUT2D eigenvalue weighted by molar-refractivity contribution is 0.177. The summed E-state index contributed by atoms with van der Waals surface area (Å²) in [5.74, 6) is 0.422. The zero-order chi connectivity index (χ0) is 7.40. The van der Waals surface area contributed by atoms with Gasteiger partial charge >= 0.3 is 0 Å². The second kappa shape index (κ2) is 3.77. The van der Waals surface area contributed by atoms with Crippen LogP contribution in [0.25, 0.3) is 0 Å². The molecule has 0 bridgehead atoms. The number of hydrogen-bond donors (Lipinski definition) is 1. The molecule has 0 amide bonds. The van der Waals surface area contributed by atoms with Crippen LogP contribution in [0, 0.1) is 12.0 Å². The molecule has 10 heavy (non-hydrogen) atoms. The quantitative estimate of drug-likeness (QED) is 0.583. The van der Waals surface area contributed by atoms with E-state index < -0.39 is 0 Å². The fourth-order valence-electron chi connectivity index (χ4n) is 1.52. The van der Waals surface area contributed by atoms with Crippen molar-refractivity contribution in [3.8, 4) is 0 Å². The molecule has 0 aromatic carbocycles. The monoisotopic (exact) mass is 139 g/mol. The maximum absolute atomic E-state index is 9.37. The molecule has 0 aromatic heterocycles. The fourth-order valence-corrected chi connectivity index (χ4v) is 1.52. The van der Waals surface area contributed by atoms with Gasteiger partial charge in [0.05, 0.1) is 6.10 Å². The molecule has 1 N–H and O–H groups in total. The van der Waals surface area contributed by atoms with Crippen molar-refractivity contribution in [2.24, 2.45) is 5.92 Å². The largest absolute Gasteiger partial charge is 0.387 e. The fraction of sp³-hybridized carbons (Fsp3) is 0.667. The first-order chi connectivity index (χ1) is 4.84. The molecule has 1 aliphatic carbocycles. The molecule has 0 saturated heterocycles. The number of aliphatic hydroxyl groups is 1. The number of aliphatic hydroxyl groups excluding tert-OH is 1. The highest BCUT2D eigenvalue weighted by Gasteiger charge is 2.22. The van der Waals surface area contributed by atoms with Crippen molar-refractivity contribution >= 4 is 0 Å². The predicted molar refractivity (Wildman–Crippen MR) is 42.0 cm³/mol. The van der Waals surface area contributed by atoms with Gasteiger partial charge in [0, 0.05) is 0 Å². The van der Waals surface area contributed by atoms with E-state index in [2.05, 4.69) is 6.58 Å². The van der Waals surface area contributed by atoms with Crippen molar-refractivity contribution in [2.75, 3.05) is 0 Å². The first kappa shape index (κ1) is 7.80. The molecule has 1 aliphatic rings. The van der Waals surface area contributed by atoms with Crippen LogP contribution in [-0.4, -0.2) is 5.11 Å². The van der Waals surface area contributed by atoms with Crippen LogP contribution in [0.3, 0.4) is 0 Å². The summed E-state index contributed by atoms with van der Waals surface area (Å²) in [7, 11) is 0. The van der Waals surface area contributed by atoms with Gasteiger partial charge < -0.3 is 5.11 Å². The molecule has 1 radical (unpaired) electrons. The minimum atomic E-state index is 0.422. The van der Waals surface area contributed by atoms with Crippen molar-refractivity contribution < 1.29 is 5.11 Å². The third-order valence-corrected chi connectivity index (χ3v) is 2.16. The molecule has 0 heterocycles. The lowest BCUT2D eigenvalue weighted by Gasteiger charge is -2.25. The minimum Gasteiger partial charge on any atom is -0.387 e. The van der Waals surface area contributed by atoms with Gasteiger partial charge in [0.15, 0.2) is 0 Å². The topological polar surface area (TPSA) is 20.2 Å². The summed E-state index contributed by atoms with van der Waals surface area (Å²) in [4.78, 5) is 0. The van der Waals surface area contributed by atoms with Gasteiger partial charge in [-0.2, -0.15) is 0 Å². The molecule has 1 rings (SSSR count). The van der Waals surface area contributed by atoms with Crippen molar-refractivity contribution in [1.29, 1.82) is 0 Å². The molecule has 1 fully saturated rings. The molecular formula is C9H15O. The molecular weight excluding hydrogens is 124 g/mol. The Balaban J connectivity index is 2.32. The van der Waals surface area contributed by atoms with Crippen LogP contribution in [0.2, 0.25) is 0 Å². The zero-order valence-electron chi connectivity index (χ0n) is 6.34. The van der Waals surface area contributed by atoms with Crippen molar-refractivity contribution in [1.82, 2.24) is 0 Å². The number of rotatable bonds is 2. The molecule has 1 nitrogen and oxygen atoms in total. The van der Waals surface area contributed by atoms with Gasteiger partial charge in [-0.1, -0.05) is 18.9 Å². The smallest absolute Gasteiger partial charge is 0.0967 e.